The molecule has 16 heavy (non-hydrogen) atoms. The molecule has 0 spiro atoms. The van der Waals surface area contributed by atoms with Crippen LogP contribution in [0.4, 0.5) is 0 Å². The summed E-state index contributed by atoms with van der Waals surface area (Å²) in [5.41, 5.74) is 0. The first-order valence-corrected chi connectivity index (χ1v) is 4.62. The minimum Gasteiger partial charge on any atom is -0.467 e. The molecule has 0 rings (SSSR count). The Morgan fingerprint density at radius 2 is 2.00 bits per heavy atom. The number of rotatable bonds is 5. The van der Waals surface area contributed by atoms with Crippen LogP contribution in [0.15, 0.2) is 0 Å². The van der Waals surface area contributed by atoms with Crippen molar-refractivity contribution in [2.45, 2.75) is 13.0 Å². The highest BCUT2D eigenvalue weighted by molar-refractivity contribution is 5.84. The second-order valence-corrected chi connectivity index (χ2v) is 3.22. The molecular weight excluding hydrogens is 216 g/mol. The Labute approximate surface area is 93.4 Å². The van der Waals surface area contributed by atoms with Gasteiger partial charge in [0.1, 0.15) is 0 Å². The molecule has 92 valence electrons. The SMILES string of the molecule is COC(=O)C(O)CNC(=O)CN(C)C(C)=O. The van der Waals surface area contributed by atoms with Gasteiger partial charge in [-0.25, -0.2) is 4.79 Å². The highest BCUT2D eigenvalue weighted by Crippen LogP contribution is 1.86. The first-order chi connectivity index (χ1) is 7.38. The van der Waals surface area contributed by atoms with Crippen molar-refractivity contribution >= 4 is 17.8 Å². The van der Waals surface area contributed by atoms with Crippen LogP contribution in [-0.2, 0) is 19.1 Å². The molecule has 0 aromatic carbocycles. The predicted octanol–water partition coefficient (Wildman–Crippen LogP) is -1.89. The van der Waals surface area contributed by atoms with Crippen molar-refractivity contribution in [3.05, 3.63) is 0 Å². The number of nitrogens with one attached hydrogen (secondary N) is 1. The maximum atomic E-state index is 11.2. The van der Waals surface area contributed by atoms with Crippen molar-refractivity contribution in [3.63, 3.8) is 0 Å². The quantitative estimate of drug-likeness (QED) is 0.540. The molecule has 0 heterocycles. The van der Waals surface area contributed by atoms with Crippen molar-refractivity contribution in [1.29, 1.82) is 0 Å². The summed E-state index contributed by atoms with van der Waals surface area (Å²) in [4.78, 5) is 34.0. The van der Waals surface area contributed by atoms with Gasteiger partial charge < -0.3 is 20.1 Å². The van der Waals surface area contributed by atoms with Crippen LogP contribution in [0.5, 0.6) is 0 Å². The molecule has 2 amide bonds. The molecule has 0 radical (unpaired) electrons. The number of ether oxygens (including phenoxy) is 1. The first kappa shape index (κ1) is 14.4. The van der Waals surface area contributed by atoms with Gasteiger partial charge in [0.2, 0.25) is 11.8 Å². The molecule has 0 aliphatic heterocycles. The minimum atomic E-state index is -1.39. The zero-order chi connectivity index (χ0) is 12.7. The fraction of sp³-hybridized carbons (Fsp3) is 0.667. The molecule has 0 saturated heterocycles. The van der Waals surface area contributed by atoms with Gasteiger partial charge in [0.25, 0.3) is 0 Å². The molecule has 2 N–H and O–H groups in total. The number of amides is 2. The molecular formula is C9H16N2O5. The Hall–Kier alpha value is -1.63. The van der Waals surface area contributed by atoms with E-state index in [1.807, 2.05) is 0 Å². The van der Waals surface area contributed by atoms with Crippen LogP contribution >= 0.6 is 0 Å². The van der Waals surface area contributed by atoms with Gasteiger partial charge >= 0.3 is 5.97 Å². The summed E-state index contributed by atoms with van der Waals surface area (Å²) in [7, 11) is 2.61. The lowest BCUT2D eigenvalue weighted by Crippen LogP contribution is -2.42. The van der Waals surface area contributed by atoms with E-state index in [4.69, 9.17) is 5.11 Å². The molecule has 0 aliphatic carbocycles. The van der Waals surface area contributed by atoms with E-state index in [-0.39, 0.29) is 19.0 Å². The summed E-state index contributed by atoms with van der Waals surface area (Å²) in [6, 6.07) is 0. The van der Waals surface area contributed by atoms with Gasteiger partial charge in [0.15, 0.2) is 6.10 Å². The molecule has 0 fully saturated rings. The maximum absolute atomic E-state index is 11.2. The lowest BCUT2D eigenvalue weighted by atomic mass is 10.3. The van der Waals surface area contributed by atoms with Gasteiger partial charge in [-0.1, -0.05) is 0 Å². The molecule has 0 aromatic rings. The summed E-state index contributed by atoms with van der Waals surface area (Å²) < 4.78 is 4.26. The summed E-state index contributed by atoms with van der Waals surface area (Å²) >= 11 is 0. The Morgan fingerprint density at radius 3 is 2.44 bits per heavy atom. The van der Waals surface area contributed by atoms with Gasteiger partial charge in [0.05, 0.1) is 20.2 Å². The van der Waals surface area contributed by atoms with E-state index in [1.165, 1.54) is 18.9 Å². The third kappa shape index (κ3) is 5.30. The largest absolute Gasteiger partial charge is 0.467 e. The Bertz CT molecular complexity index is 279. The van der Waals surface area contributed by atoms with E-state index in [2.05, 4.69) is 10.1 Å². The van der Waals surface area contributed by atoms with Crippen molar-refractivity contribution in [2.24, 2.45) is 0 Å². The fourth-order valence-corrected chi connectivity index (χ4v) is 0.813. The molecule has 0 bridgehead atoms. The first-order valence-electron chi connectivity index (χ1n) is 4.62. The molecule has 1 atom stereocenters. The van der Waals surface area contributed by atoms with Crippen LogP contribution in [0.3, 0.4) is 0 Å². The average Bonchev–Trinajstić information content (AvgIpc) is 2.24. The summed E-state index contributed by atoms with van der Waals surface area (Å²) in [5.74, 6) is -1.52. The summed E-state index contributed by atoms with van der Waals surface area (Å²) in [6.45, 7) is 0.969. The Kier molecular flexibility index (Phi) is 6.09. The number of hydrogen-bond acceptors (Lipinski definition) is 5. The number of nitrogens with zero attached hydrogens (tertiary/aromatic N) is 1. The summed E-state index contributed by atoms with van der Waals surface area (Å²) in [5, 5.41) is 11.4. The van der Waals surface area contributed by atoms with Gasteiger partial charge in [-0.15, -0.1) is 0 Å². The number of hydrogen-bond donors (Lipinski definition) is 2. The number of likely N-dealkylation sites (N-methyl/N-ethyl adjacent to an activating group) is 1. The highest BCUT2D eigenvalue weighted by Gasteiger charge is 2.16. The minimum absolute atomic E-state index is 0.122. The van der Waals surface area contributed by atoms with Crippen molar-refractivity contribution < 1.29 is 24.2 Å². The number of aliphatic hydroxyl groups excluding tert-OH is 1. The number of aliphatic hydroxyl groups is 1. The van der Waals surface area contributed by atoms with E-state index in [0.717, 1.165) is 7.11 Å². The monoisotopic (exact) mass is 232 g/mol. The zero-order valence-corrected chi connectivity index (χ0v) is 9.52. The van der Waals surface area contributed by atoms with Crippen molar-refractivity contribution in [1.82, 2.24) is 10.2 Å². The summed E-state index contributed by atoms with van der Waals surface area (Å²) in [6.07, 6.45) is -1.39. The van der Waals surface area contributed by atoms with E-state index in [1.54, 1.807) is 0 Å². The standard InChI is InChI=1S/C9H16N2O5/c1-6(12)11(2)5-8(14)10-4-7(13)9(15)16-3/h7,13H,4-5H2,1-3H3,(H,10,14). The van der Waals surface area contributed by atoms with Crippen LogP contribution in [0, 0.1) is 0 Å². The average molecular weight is 232 g/mol. The smallest absolute Gasteiger partial charge is 0.336 e. The second-order valence-electron chi connectivity index (χ2n) is 3.22. The molecule has 0 aromatic heterocycles. The van der Waals surface area contributed by atoms with Gasteiger partial charge in [-0.05, 0) is 0 Å². The normalized spacial score (nSPS) is 11.5. The Balaban J connectivity index is 3.90. The number of carbonyl (C=O) groups excluding carboxylic acids is 3. The van der Waals surface area contributed by atoms with Gasteiger partial charge in [-0.2, -0.15) is 0 Å². The second kappa shape index (κ2) is 6.78. The molecule has 1 unspecified atom stereocenters. The van der Waals surface area contributed by atoms with Crippen molar-refractivity contribution in [2.75, 3.05) is 27.2 Å². The van der Waals surface area contributed by atoms with Crippen LogP contribution in [-0.4, -0.2) is 61.1 Å². The van der Waals surface area contributed by atoms with E-state index < -0.39 is 18.0 Å². The van der Waals surface area contributed by atoms with E-state index in [9.17, 15) is 14.4 Å². The topological polar surface area (TPSA) is 95.9 Å². The molecule has 0 aliphatic rings. The van der Waals surface area contributed by atoms with E-state index in [0.29, 0.717) is 0 Å². The van der Waals surface area contributed by atoms with Crippen molar-refractivity contribution in [3.8, 4) is 0 Å². The highest BCUT2D eigenvalue weighted by atomic mass is 16.5. The fourth-order valence-electron chi connectivity index (χ4n) is 0.813. The molecule has 7 heteroatoms. The number of carbonyl (C=O) groups is 3. The van der Waals surface area contributed by atoms with Crippen LogP contribution in [0.25, 0.3) is 0 Å². The van der Waals surface area contributed by atoms with Gasteiger partial charge in [-0.3, -0.25) is 9.59 Å². The zero-order valence-electron chi connectivity index (χ0n) is 9.52. The lowest BCUT2D eigenvalue weighted by Gasteiger charge is -2.15. The number of methoxy groups -OCH3 is 1. The number of esters is 1. The van der Waals surface area contributed by atoms with Crippen LogP contribution < -0.4 is 5.32 Å². The predicted molar refractivity (Wildman–Crippen MR) is 54.3 cm³/mol. The maximum Gasteiger partial charge on any atom is 0.336 e. The lowest BCUT2D eigenvalue weighted by molar-refractivity contribution is -0.150. The Morgan fingerprint density at radius 1 is 1.44 bits per heavy atom. The van der Waals surface area contributed by atoms with Crippen LogP contribution in [0.1, 0.15) is 6.92 Å². The van der Waals surface area contributed by atoms with Gasteiger partial charge in [0, 0.05) is 14.0 Å². The third-order valence-electron chi connectivity index (χ3n) is 1.88. The molecule has 7 nitrogen and oxygen atoms in total. The third-order valence-corrected chi connectivity index (χ3v) is 1.88. The van der Waals surface area contributed by atoms with E-state index >= 15 is 0 Å². The van der Waals surface area contributed by atoms with Crippen LogP contribution in [0.2, 0.25) is 0 Å². The molecule has 0 saturated carbocycles.